The molecular formula is C20H24Cl2N4O3. The molecule has 0 atom stereocenters. The molecule has 0 radical (unpaired) electrons. The number of anilines is 2. The van der Waals surface area contributed by atoms with E-state index in [0.29, 0.717) is 41.2 Å². The molecule has 1 aromatic heterocycles. The molecule has 1 aliphatic heterocycles. The maximum absolute atomic E-state index is 12.1. The van der Waals surface area contributed by atoms with E-state index in [-0.39, 0.29) is 0 Å². The highest BCUT2D eigenvalue weighted by molar-refractivity contribution is 6.38. The zero-order valence-electron chi connectivity index (χ0n) is 16.2. The molecule has 1 saturated heterocycles. The van der Waals surface area contributed by atoms with Crippen LogP contribution in [0.25, 0.3) is 0 Å². The second-order valence-electron chi connectivity index (χ2n) is 6.47. The summed E-state index contributed by atoms with van der Waals surface area (Å²) in [5.41, 5.74) is 1.42. The fraction of sp³-hybridized carbons (Fsp3) is 0.400. The van der Waals surface area contributed by atoms with E-state index in [4.69, 9.17) is 32.7 Å². The van der Waals surface area contributed by atoms with Crippen LogP contribution in [0, 0.1) is 0 Å². The average Bonchev–Trinajstić information content (AvgIpc) is 2.71. The van der Waals surface area contributed by atoms with Gasteiger partial charge >= 0.3 is 6.09 Å². The highest BCUT2D eigenvalue weighted by Crippen LogP contribution is 2.33. The van der Waals surface area contributed by atoms with E-state index in [0.717, 1.165) is 31.9 Å². The molecule has 9 heteroatoms. The summed E-state index contributed by atoms with van der Waals surface area (Å²) in [4.78, 5) is 20.5. The zero-order chi connectivity index (χ0) is 20.6. The summed E-state index contributed by atoms with van der Waals surface area (Å²) < 4.78 is 10.8. The molecule has 1 amide bonds. The van der Waals surface area contributed by atoms with Crippen LogP contribution in [0.4, 0.5) is 16.2 Å². The summed E-state index contributed by atoms with van der Waals surface area (Å²) in [5, 5.41) is 3.83. The lowest BCUT2D eigenvalue weighted by atomic mass is 10.2. The van der Waals surface area contributed by atoms with Crippen molar-refractivity contribution in [2.75, 3.05) is 56.2 Å². The summed E-state index contributed by atoms with van der Waals surface area (Å²) in [6, 6.07) is 7.27. The van der Waals surface area contributed by atoms with Crippen molar-refractivity contribution in [3.63, 3.8) is 0 Å². The molecule has 1 aliphatic rings. The van der Waals surface area contributed by atoms with Crippen molar-refractivity contribution in [3.8, 4) is 5.75 Å². The van der Waals surface area contributed by atoms with Gasteiger partial charge in [-0.3, -0.25) is 15.2 Å². The number of piperazine rings is 1. The summed E-state index contributed by atoms with van der Waals surface area (Å²) in [6.45, 7) is 6.61. The number of aromatic nitrogens is 1. The number of carbonyl (C=O) groups excluding carboxylic acids is 1. The minimum atomic E-state index is -0.494. The largest absolute Gasteiger partial charge is 0.492 e. The van der Waals surface area contributed by atoms with Gasteiger partial charge in [0, 0.05) is 45.1 Å². The maximum atomic E-state index is 12.1. The van der Waals surface area contributed by atoms with Crippen LogP contribution in [0.15, 0.2) is 36.7 Å². The first kappa shape index (κ1) is 21.5. The van der Waals surface area contributed by atoms with Crippen LogP contribution in [0.3, 0.4) is 0 Å². The number of nitrogens with one attached hydrogen (secondary N) is 1. The van der Waals surface area contributed by atoms with E-state index in [1.54, 1.807) is 24.5 Å². The average molecular weight is 439 g/mol. The number of ether oxygens (including phenoxy) is 2. The van der Waals surface area contributed by atoms with E-state index in [9.17, 15) is 4.79 Å². The number of amides is 1. The molecule has 1 N–H and O–H groups in total. The summed E-state index contributed by atoms with van der Waals surface area (Å²) in [6.07, 6.45) is 2.71. The van der Waals surface area contributed by atoms with Crippen molar-refractivity contribution in [1.82, 2.24) is 9.88 Å². The number of rotatable bonds is 7. The number of carbonyl (C=O) groups is 1. The molecule has 2 aromatic rings. The number of para-hydroxylation sites is 2. The number of hydrogen-bond acceptors (Lipinski definition) is 6. The predicted octanol–water partition coefficient (Wildman–Crippen LogP) is 4.16. The van der Waals surface area contributed by atoms with Crippen LogP contribution in [-0.2, 0) is 4.74 Å². The van der Waals surface area contributed by atoms with Crippen LogP contribution < -0.4 is 15.0 Å². The number of hydrogen-bond donors (Lipinski definition) is 1. The number of benzene rings is 1. The molecular weight excluding hydrogens is 415 g/mol. The maximum Gasteiger partial charge on any atom is 0.411 e. The minimum Gasteiger partial charge on any atom is -0.492 e. The first-order valence-corrected chi connectivity index (χ1v) is 10.3. The molecule has 29 heavy (non-hydrogen) atoms. The Hall–Kier alpha value is -2.22. The van der Waals surface area contributed by atoms with Gasteiger partial charge in [-0.2, -0.15) is 0 Å². The Morgan fingerprint density at radius 3 is 2.52 bits per heavy atom. The Morgan fingerprint density at radius 2 is 1.83 bits per heavy atom. The van der Waals surface area contributed by atoms with Gasteiger partial charge in [0.1, 0.15) is 12.4 Å². The lowest BCUT2D eigenvalue weighted by Crippen LogP contribution is -2.47. The molecule has 0 bridgehead atoms. The zero-order valence-corrected chi connectivity index (χ0v) is 17.7. The van der Waals surface area contributed by atoms with Gasteiger partial charge in [0.2, 0.25) is 0 Å². The highest BCUT2D eigenvalue weighted by atomic mass is 35.5. The van der Waals surface area contributed by atoms with Gasteiger partial charge in [0.05, 0.1) is 28.0 Å². The standard InChI is InChI=1S/C20H24Cl2N4O3/c1-2-28-18-6-4-3-5-17(18)24-20(27)29-12-11-25-7-9-26(10-8-25)19-15(21)13-23-14-16(19)22/h3-6,13-14H,2,7-12H2,1H3,(H,24,27). The molecule has 1 aromatic carbocycles. The topological polar surface area (TPSA) is 66.9 Å². The van der Waals surface area contributed by atoms with E-state index in [1.165, 1.54) is 0 Å². The highest BCUT2D eigenvalue weighted by Gasteiger charge is 2.21. The third kappa shape index (κ3) is 5.88. The first-order chi connectivity index (χ1) is 14.1. The van der Waals surface area contributed by atoms with Crippen molar-refractivity contribution in [3.05, 3.63) is 46.7 Å². The van der Waals surface area contributed by atoms with Crippen LogP contribution >= 0.6 is 23.2 Å². The molecule has 156 valence electrons. The Balaban J connectivity index is 1.41. The lowest BCUT2D eigenvalue weighted by molar-refractivity contribution is 0.137. The Labute approximate surface area is 180 Å². The lowest BCUT2D eigenvalue weighted by Gasteiger charge is -2.36. The van der Waals surface area contributed by atoms with Gasteiger partial charge in [0.15, 0.2) is 0 Å². The quantitative estimate of drug-likeness (QED) is 0.699. The van der Waals surface area contributed by atoms with E-state index in [1.807, 2.05) is 19.1 Å². The Morgan fingerprint density at radius 1 is 1.14 bits per heavy atom. The van der Waals surface area contributed by atoms with Crippen molar-refractivity contribution in [1.29, 1.82) is 0 Å². The summed E-state index contributed by atoms with van der Waals surface area (Å²) in [5.74, 6) is 0.622. The van der Waals surface area contributed by atoms with E-state index >= 15 is 0 Å². The van der Waals surface area contributed by atoms with E-state index in [2.05, 4.69) is 20.1 Å². The monoisotopic (exact) mass is 438 g/mol. The fourth-order valence-electron chi connectivity index (χ4n) is 3.17. The van der Waals surface area contributed by atoms with Crippen molar-refractivity contribution in [2.45, 2.75) is 6.92 Å². The molecule has 0 spiro atoms. The molecule has 0 unspecified atom stereocenters. The van der Waals surface area contributed by atoms with Gasteiger partial charge in [0.25, 0.3) is 0 Å². The normalized spacial score (nSPS) is 14.5. The third-order valence-electron chi connectivity index (χ3n) is 4.58. The minimum absolute atomic E-state index is 0.305. The summed E-state index contributed by atoms with van der Waals surface area (Å²) in [7, 11) is 0. The molecule has 0 saturated carbocycles. The van der Waals surface area contributed by atoms with Crippen LogP contribution in [0.2, 0.25) is 10.0 Å². The smallest absolute Gasteiger partial charge is 0.411 e. The fourth-order valence-corrected chi connectivity index (χ4v) is 3.77. The molecule has 2 heterocycles. The third-order valence-corrected chi connectivity index (χ3v) is 5.13. The summed E-state index contributed by atoms with van der Waals surface area (Å²) >= 11 is 12.5. The first-order valence-electron chi connectivity index (χ1n) is 9.50. The number of nitrogens with zero attached hydrogens (tertiary/aromatic N) is 3. The van der Waals surface area contributed by atoms with Crippen LogP contribution in [0.1, 0.15) is 6.92 Å². The molecule has 1 fully saturated rings. The van der Waals surface area contributed by atoms with Gasteiger partial charge < -0.3 is 14.4 Å². The van der Waals surface area contributed by atoms with Gasteiger partial charge in [-0.15, -0.1) is 0 Å². The van der Waals surface area contributed by atoms with Crippen LogP contribution in [-0.4, -0.2) is 61.9 Å². The van der Waals surface area contributed by atoms with Crippen molar-refractivity contribution in [2.24, 2.45) is 0 Å². The van der Waals surface area contributed by atoms with Gasteiger partial charge in [-0.25, -0.2) is 4.79 Å². The number of halogens is 2. The SMILES string of the molecule is CCOc1ccccc1NC(=O)OCCN1CCN(c2c(Cl)cncc2Cl)CC1. The second-order valence-corrected chi connectivity index (χ2v) is 7.28. The Kier molecular flexibility index (Phi) is 7.80. The molecule has 7 nitrogen and oxygen atoms in total. The van der Waals surface area contributed by atoms with E-state index < -0.39 is 6.09 Å². The second kappa shape index (κ2) is 10.5. The Bertz CT molecular complexity index is 809. The molecule has 3 rings (SSSR count). The molecule has 0 aliphatic carbocycles. The van der Waals surface area contributed by atoms with Gasteiger partial charge in [-0.1, -0.05) is 35.3 Å². The predicted molar refractivity (Wildman–Crippen MR) is 115 cm³/mol. The van der Waals surface area contributed by atoms with Crippen molar-refractivity contribution < 1.29 is 14.3 Å². The van der Waals surface area contributed by atoms with Crippen molar-refractivity contribution >= 4 is 40.7 Å². The van der Waals surface area contributed by atoms with Gasteiger partial charge in [-0.05, 0) is 19.1 Å². The van der Waals surface area contributed by atoms with Crippen LogP contribution in [0.5, 0.6) is 5.75 Å². The number of pyridine rings is 1.